The highest BCUT2D eigenvalue weighted by atomic mass is 32.1. The lowest BCUT2D eigenvalue weighted by molar-refractivity contribution is -0.126. The summed E-state index contributed by atoms with van der Waals surface area (Å²) in [5, 5.41) is 4.98. The van der Waals surface area contributed by atoms with E-state index in [0.717, 1.165) is 12.1 Å². The van der Waals surface area contributed by atoms with E-state index in [1.807, 2.05) is 42.6 Å². The molecule has 1 aliphatic heterocycles. The molecule has 0 radical (unpaired) electrons. The number of benzene rings is 1. The summed E-state index contributed by atoms with van der Waals surface area (Å²) in [7, 11) is 0. The highest BCUT2D eigenvalue weighted by molar-refractivity contribution is 7.09. The summed E-state index contributed by atoms with van der Waals surface area (Å²) < 4.78 is 5.61. The third-order valence-electron chi connectivity index (χ3n) is 4.20. The van der Waals surface area contributed by atoms with Gasteiger partial charge in [0.05, 0.1) is 18.2 Å². The molecule has 1 aliphatic rings. The van der Waals surface area contributed by atoms with Crippen molar-refractivity contribution >= 4 is 28.8 Å². The van der Waals surface area contributed by atoms with Gasteiger partial charge in [0.1, 0.15) is 5.75 Å². The highest BCUT2D eigenvalue weighted by Crippen LogP contribution is 2.33. The van der Waals surface area contributed by atoms with Gasteiger partial charge in [0, 0.05) is 24.4 Å². The number of amides is 2. The Hall–Kier alpha value is -2.34. The van der Waals surface area contributed by atoms with Crippen LogP contribution in [-0.4, -0.2) is 31.5 Å². The maximum Gasteiger partial charge on any atom is 0.227 e. The van der Waals surface area contributed by atoms with E-state index in [9.17, 15) is 9.59 Å². The number of nitrogens with one attached hydrogen (secondary N) is 1. The number of carbonyl (C=O) groups excluding carboxylic acids is 2. The van der Waals surface area contributed by atoms with Crippen molar-refractivity contribution in [2.45, 2.75) is 19.8 Å². The first-order valence-corrected chi connectivity index (χ1v) is 9.39. The van der Waals surface area contributed by atoms with Crippen molar-refractivity contribution in [3.8, 4) is 5.75 Å². The minimum atomic E-state index is -0.314. The number of ether oxygens (including phenoxy) is 1. The largest absolute Gasteiger partial charge is 0.492 e. The summed E-state index contributed by atoms with van der Waals surface area (Å²) in [5.41, 5.74) is 0.739. The fourth-order valence-electron chi connectivity index (χ4n) is 2.98. The Morgan fingerprint density at radius 1 is 1.32 bits per heavy atom. The quantitative estimate of drug-likeness (QED) is 0.828. The number of hydrogen-bond acceptors (Lipinski definition) is 4. The maximum absolute atomic E-state index is 12.4. The van der Waals surface area contributed by atoms with E-state index in [0.29, 0.717) is 25.4 Å². The summed E-state index contributed by atoms with van der Waals surface area (Å²) in [6.45, 7) is 3.44. The lowest BCUT2D eigenvalue weighted by atomic mass is 10.1. The van der Waals surface area contributed by atoms with Crippen LogP contribution in [0.25, 0.3) is 0 Å². The van der Waals surface area contributed by atoms with Crippen molar-refractivity contribution in [3.05, 3.63) is 46.7 Å². The Labute approximate surface area is 151 Å². The lowest BCUT2D eigenvalue weighted by Crippen LogP contribution is -2.34. The van der Waals surface area contributed by atoms with Crippen LogP contribution in [0, 0.1) is 5.92 Å². The molecule has 132 valence electrons. The van der Waals surface area contributed by atoms with Gasteiger partial charge in [0.2, 0.25) is 11.8 Å². The molecule has 0 spiro atoms. The van der Waals surface area contributed by atoms with Gasteiger partial charge < -0.3 is 15.0 Å². The topological polar surface area (TPSA) is 58.6 Å². The van der Waals surface area contributed by atoms with E-state index in [4.69, 9.17) is 4.74 Å². The number of carbonyl (C=O) groups is 2. The van der Waals surface area contributed by atoms with Gasteiger partial charge in [0.25, 0.3) is 0 Å². The standard InChI is InChI=1S/C19H22N2O3S/c1-2-24-17-8-4-3-7-16(17)21-13-14(12-18(21)22)19(23)20-10-9-15-6-5-11-25-15/h3-8,11,14H,2,9-10,12-13H2,1H3,(H,20,23). The molecule has 1 aromatic carbocycles. The SMILES string of the molecule is CCOc1ccccc1N1CC(C(=O)NCCc2cccs2)CC1=O. The van der Waals surface area contributed by atoms with Gasteiger partial charge in [-0.25, -0.2) is 0 Å². The van der Waals surface area contributed by atoms with Crippen LogP contribution in [0.1, 0.15) is 18.2 Å². The van der Waals surface area contributed by atoms with Gasteiger partial charge in [0.15, 0.2) is 0 Å². The summed E-state index contributed by atoms with van der Waals surface area (Å²) in [6.07, 6.45) is 1.06. The lowest BCUT2D eigenvalue weighted by Gasteiger charge is -2.20. The molecule has 1 atom stereocenters. The molecular weight excluding hydrogens is 336 g/mol. The molecule has 2 heterocycles. The predicted molar refractivity (Wildman–Crippen MR) is 99.1 cm³/mol. The molecule has 0 aliphatic carbocycles. The molecule has 0 bridgehead atoms. The number of nitrogens with zero attached hydrogens (tertiary/aromatic N) is 1. The molecule has 0 saturated carbocycles. The summed E-state index contributed by atoms with van der Waals surface area (Å²) in [4.78, 5) is 27.7. The second kappa shape index (κ2) is 8.16. The smallest absolute Gasteiger partial charge is 0.227 e. The van der Waals surface area contributed by atoms with Crippen LogP contribution in [-0.2, 0) is 16.0 Å². The van der Waals surface area contributed by atoms with E-state index in [1.54, 1.807) is 16.2 Å². The van der Waals surface area contributed by atoms with Crippen LogP contribution in [0.15, 0.2) is 41.8 Å². The Bertz CT molecular complexity index is 730. The summed E-state index contributed by atoms with van der Waals surface area (Å²) in [5.74, 6) is 0.273. The molecular formula is C19H22N2O3S. The molecule has 1 saturated heterocycles. The normalized spacial score (nSPS) is 16.9. The summed E-state index contributed by atoms with van der Waals surface area (Å²) >= 11 is 1.68. The minimum Gasteiger partial charge on any atom is -0.492 e. The Balaban J connectivity index is 1.59. The monoisotopic (exact) mass is 358 g/mol. The average molecular weight is 358 g/mol. The van der Waals surface area contributed by atoms with Crippen molar-refractivity contribution in [1.29, 1.82) is 0 Å². The maximum atomic E-state index is 12.4. The molecule has 2 amide bonds. The van der Waals surface area contributed by atoms with Crippen molar-refractivity contribution in [1.82, 2.24) is 5.32 Å². The minimum absolute atomic E-state index is 0.0365. The third kappa shape index (κ3) is 4.20. The molecule has 1 unspecified atom stereocenters. The van der Waals surface area contributed by atoms with Crippen LogP contribution in [0.4, 0.5) is 5.69 Å². The van der Waals surface area contributed by atoms with Crippen molar-refractivity contribution in [2.75, 3.05) is 24.6 Å². The van der Waals surface area contributed by atoms with Gasteiger partial charge in [-0.1, -0.05) is 18.2 Å². The van der Waals surface area contributed by atoms with Crippen molar-refractivity contribution in [3.63, 3.8) is 0 Å². The number of anilines is 1. The Morgan fingerprint density at radius 2 is 2.16 bits per heavy atom. The predicted octanol–water partition coefficient (Wildman–Crippen LogP) is 2.86. The molecule has 6 heteroatoms. The van der Waals surface area contributed by atoms with E-state index >= 15 is 0 Å². The molecule has 1 N–H and O–H groups in total. The second-order valence-electron chi connectivity index (χ2n) is 5.93. The van der Waals surface area contributed by atoms with E-state index in [-0.39, 0.29) is 24.2 Å². The van der Waals surface area contributed by atoms with Gasteiger partial charge in [-0.2, -0.15) is 0 Å². The zero-order chi connectivity index (χ0) is 17.6. The summed E-state index contributed by atoms with van der Waals surface area (Å²) in [6, 6.07) is 11.5. The first kappa shape index (κ1) is 17.5. The van der Waals surface area contributed by atoms with E-state index < -0.39 is 0 Å². The van der Waals surface area contributed by atoms with Crippen molar-refractivity contribution in [2.24, 2.45) is 5.92 Å². The zero-order valence-electron chi connectivity index (χ0n) is 14.2. The third-order valence-corrected chi connectivity index (χ3v) is 5.14. The molecule has 1 fully saturated rings. The molecule has 5 nitrogen and oxygen atoms in total. The highest BCUT2D eigenvalue weighted by Gasteiger charge is 2.36. The number of para-hydroxylation sites is 2. The van der Waals surface area contributed by atoms with Crippen LogP contribution in [0.3, 0.4) is 0 Å². The zero-order valence-corrected chi connectivity index (χ0v) is 15.1. The van der Waals surface area contributed by atoms with Gasteiger partial charge in [-0.05, 0) is 36.9 Å². The van der Waals surface area contributed by atoms with Gasteiger partial charge in [-0.3, -0.25) is 9.59 Å². The Kier molecular flexibility index (Phi) is 5.71. The van der Waals surface area contributed by atoms with Crippen LogP contribution in [0.2, 0.25) is 0 Å². The number of hydrogen-bond donors (Lipinski definition) is 1. The fourth-order valence-corrected chi connectivity index (χ4v) is 3.69. The second-order valence-corrected chi connectivity index (χ2v) is 6.96. The Morgan fingerprint density at radius 3 is 2.92 bits per heavy atom. The molecule has 2 aromatic rings. The molecule has 25 heavy (non-hydrogen) atoms. The van der Waals surface area contributed by atoms with Gasteiger partial charge in [-0.15, -0.1) is 11.3 Å². The number of rotatable bonds is 7. The first-order chi connectivity index (χ1) is 12.2. The van der Waals surface area contributed by atoms with Gasteiger partial charge >= 0.3 is 0 Å². The van der Waals surface area contributed by atoms with Crippen LogP contribution >= 0.6 is 11.3 Å². The first-order valence-electron chi connectivity index (χ1n) is 8.51. The molecule has 3 rings (SSSR count). The molecule has 1 aromatic heterocycles. The van der Waals surface area contributed by atoms with Crippen LogP contribution < -0.4 is 15.0 Å². The van der Waals surface area contributed by atoms with E-state index in [2.05, 4.69) is 11.4 Å². The average Bonchev–Trinajstić information content (AvgIpc) is 3.25. The fraction of sp³-hybridized carbons (Fsp3) is 0.368. The van der Waals surface area contributed by atoms with Crippen molar-refractivity contribution < 1.29 is 14.3 Å². The van der Waals surface area contributed by atoms with E-state index in [1.165, 1.54) is 4.88 Å². The number of thiophene rings is 1. The van der Waals surface area contributed by atoms with Crippen LogP contribution in [0.5, 0.6) is 5.75 Å².